The summed E-state index contributed by atoms with van der Waals surface area (Å²) in [5.74, 6) is 1.87. The molecule has 1 N–H and O–H groups in total. The number of hydrogen-bond acceptors (Lipinski definition) is 4. The molecule has 5 nitrogen and oxygen atoms in total. The molecule has 4 rings (SSSR count). The quantitative estimate of drug-likeness (QED) is 0.942. The van der Waals surface area contributed by atoms with Gasteiger partial charge in [0.15, 0.2) is 0 Å². The van der Waals surface area contributed by atoms with E-state index >= 15 is 0 Å². The van der Waals surface area contributed by atoms with Crippen LogP contribution in [0.1, 0.15) is 25.7 Å². The summed E-state index contributed by atoms with van der Waals surface area (Å²) >= 11 is 0. The SMILES string of the molecule is COc1ccc2nc(N3CCC[C@@H]3C(=O)NC3CC3)ccc2c1. The first-order chi connectivity index (χ1) is 11.2. The molecule has 2 heterocycles. The molecule has 1 aliphatic carbocycles. The highest BCUT2D eigenvalue weighted by molar-refractivity contribution is 5.87. The van der Waals surface area contributed by atoms with E-state index < -0.39 is 0 Å². The van der Waals surface area contributed by atoms with Crippen LogP contribution in [0.2, 0.25) is 0 Å². The number of carbonyl (C=O) groups excluding carboxylic acids is 1. The van der Waals surface area contributed by atoms with E-state index in [2.05, 4.69) is 10.2 Å². The topological polar surface area (TPSA) is 54.5 Å². The van der Waals surface area contributed by atoms with E-state index in [0.29, 0.717) is 6.04 Å². The minimum atomic E-state index is -0.0844. The fourth-order valence-corrected chi connectivity index (χ4v) is 3.22. The number of nitrogens with zero attached hydrogens (tertiary/aromatic N) is 2. The lowest BCUT2D eigenvalue weighted by Crippen LogP contribution is -2.44. The zero-order valence-electron chi connectivity index (χ0n) is 13.3. The molecule has 1 aromatic carbocycles. The Bertz CT molecular complexity index is 742. The second kappa shape index (κ2) is 5.72. The van der Waals surface area contributed by atoms with Crippen molar-refractivity contribution in [2.75, 3.05) is 18.6 Å². The zero-order chi connectivity index (χ0) is 15.8. The number of nitrogens with one attached hydrogen (secondary N) is 1. The van der Waals surface area contributed by atoms with Crippen LogP contribution in [0.3, 0.4) is 0 Å². The standard InChI is InChI=1S/C18H21N3O2/c1-23-14-7-8-15-12(11-14)4-9-17(20-15)21-10-2-3-16(21)18(22)19-13-5-6-13/h4,7-9,11,13,16H,2-3,5-6,10H2,1H3,(H,19,22)/t16-/m1/s1. The smallest absolute Gasteiger partial charge is 0.242 e. The van der Waals surface area contributed by atoms with Gasteiger partial charge in [0.1, 0.15) is 17.6 Å². The maximum atomic E-state index is 12.4. The molecule has 1 aromatic heterocycles. The average Bonchev–Trinajstić information content (AvgIpc) is 3.25. The summed E-state index contributed by atoms with van der Waals surface area (Å²) in [6, 6.07) is 10.2. The van der Waals surface area contributed by atoms with Gasteiger partial charge < -0.3 is 15.0 Å². The van der Waals surface area contributed by atoms with E-state index in [0.717, 1.165) is 54.7 Å². The van der Waals surface area contributed by atoms with Gasteiger partial charge in [-0.05, 0) is 56.0 Å². The van der Waals surface area contributed by atoms with Crippen LogP contribution in [0.25, 0.3) is 10.9 Å². The van der Waals surface area contributed by atoms with Crippen LogP contribution in [0, 0.1) is 0 Å². The van der Waals surface area contributed by atoms with Crippen molar-refractivity contribution < 1.29 is 9.53 Å². The highest BCUT2D eigenvalue weighted by Gasteiger charge is 2.34. The summed E-state index contributed by atoms with van der Waals surface area (Å²) in [5, 5.41) is 4.17. The fourth-order valence-electron chi connectivity index (χ4n) is 3.22. The van der Waals surface area contributed by atoms with E-state index in [1.54, 1.807) is 7.11 Å². The molecule has 0 radical (unpaired) electrons. The second-order valence-corrected chi connectivity index (χ2v) is 6.36. The van der Waals surface area contributed by atoms with Gasteiger partial charge in [-0.25, -0.2) is 4.98 Å². The highest BCUT2D eigenvalue weighted by atomic mass is 16.5. The Morgan fingerprint density at radius 3 is 2.91 bits per heavy atom. The van der Waals surface area contributed by atoms with Crippen molar-refractivity contribution >= 4 is 22.6 Å². The zero-order valence-corrected chi connectivity index (χ0v) is 13.3. The molecule has 0 unspecified atom stereocenters. The summed E-state index contributed by atoms with van der Waals surface area (Å²) in [5.41, 5.74) is 0.927. The molecule has 120 valence electrons. The summed E-state index contributed by atoms with van der Waals surface area (Å²) in [6.45, 7) is 0.886. The monoisotopic (exact) mass is 311 g/mol. The molecule has 0 spiro atoms. The van der Waals surface area contributed by atoms with Gasteiger partial charge in [-0.2, -0.15) is 0 Å². The number of methoxy groups -OCH3 is 1. The van der Waals surface area contributed by atoms with Crippen molar-refractivity contribution in [1.82, 2.24) is 10.3 Å². The van der Waals surface area contributed by atoms with E-state index in [1.165, 1.54) is 0 Å². The molecule has 5 heteroatoms. The molecule has 2 fully saturated rings. The number of anilines is 1. The van der Waals surface area contributed by atoms with Crippen LogP contribution >= 0.6 is 0 Å². The predicted octanol–water partition coefficient (Wildman–Crippen LogP) is 2.49. The fraction of sp³-hybridized carbons (Fsp3) is 0.444. The molecule has 1 aliphatic heterocycles. The Hall–Kier alpha value is -2.30. The first kappa shape index (κ1) is 14.3. The van der Waals surface area contributed by atoms with Crippen LogP contribution in [0.4, 0.5) is 5.82 Å². The van der Waals surface area contributed by atoms with Gasteiger partial charge in [0.25, 0.3) is 0 Å². The number of amides is 1. The van der Waals surface area contributed by atoms with Crippen molar-refractivity contribution in [3.8, 4) is 5.75 Å². The molecule has 2 aromatic rings. The number of pyridine rings is 1. The number of benzene rings is 1. The molecular weight excluding hydrogens is 290 g/mol. The number of fused-ring (bicyclic) bond motifs is 1. The van der Waals surface area contributed by atoms with Crippen LogP contribution in [-0.4, -0.2) is 36.6 Å². The maximum Gasteiger partial charge on any atom is 0.242 e. The number of hydrogen-bond donors (Lipinski definition) is 1. The van der Waals surface area contributed by atoms with Gasteiger partial charge in [0, 0.05) is 18.0 Å². The number of aromatic nitrogens is 1. The largest absolute Gasteiger partial charge is 0.497 e. The van der Waals surface area contributed by atoms with Crippen LogP contribution in [-0.2, 0) is 4.79 Å². The maximum absolute atomic E-state index is 12.4. The summed E-state index contributed by atoms with van der Waals surface area (Å²) in [4.78, 5) is 19.3. The number of carbonyl (C=O) groups is 1. The first-order valence-corrected chi connectivity index (χ1v) is 8.26. The summed E-state index contributed by atoms with van der Waals surface area (Å²) in [7, 11) is 1.66. The van der Waals surface area contributed by atoms with Crippen LogP contribution in [0.5, 0.6) is 5.75 Å². The van der Waals surface area contributed by atoms with Crippen molar-refractivity contribution in [3.63, 3.8) is 0 Å². The second-order valence-electron chi connectivity index (χ2n) is 6.36. The minimum absolute atomic E-state index is 0.0844. The average molecular weight is 311 g/mol. The predicted molar refractivity (Wildman–Crippen MR) is 89.8 cm³/mol. The molecular formula is C18H21N3O2. The lowest BCUT2D eigenvalue weighted by atomic mass is 10.2. The van der Waals surface area contributed by atoms with E-state index in [9.17, 15) is 4.79 Å². The third-order valence-corrected chi connectivity index (χ3v) is 4.66. The summed E-state index contributed by atoms with van der Waals surface area (Å²) in [6.07, 6.45) is 4.18. The molecule has 23 heavy (non-hydrogen) atoms. The van der Waals surface area contributed by atoms with Gasteiger partial charge in [-0.1, -0.05) is 0 Å². The first-order valence-electron chi connectivity index (χ1n) is 8.26. The normalized spacial score (nSPS) is 20.7. The Kier molecular flexibility index (Phi) is 3.56. The Balaban J connectivity index is 1.60. The molecule has 1 atom stereocenters. The van der Waals surface area contributed by atoms with Crippen molar-refractivity contribution in [3.05, 3.63) is 30.3 Å². The van der Waals surface area contributed by atoms with Gasteiger partial charge in [-0.15, -0.1) is 0 Å². The molecule has 1 amide bonds. The molecule has 0 bridgehead atoms. The Morgan fingerprint density at radius 1 is 1.26 bits per heavy atom. The lowest BCUT2D eigenvalue weighted by molar-refractivity contribution is -0.122. The van der Waals surface area contributed by atoms with Crippen LogP contribution in [0.15, 0.2) is 30.3 Å². The highest BCUT2D eigenvalue weighted by Crippen LogP contribution is 2.28. The van der Waals surface area contributed by atoms with Gasteiger partial charge in [-0.3, -0.25) is 4.79 Å². The lowest BCUT2D eigenvalue weighted by Gasteiger charge is -2.25. The van der Waals surface area contributed by atoms with Crippen molar-refractivity contribution in [2.24, 2.45) is 0 Å². The third-order valence-electron chi connectivity index (χ3n) is 4.66. The Morgan fingerprint density at radius 2 is 2.13 bits per heavy atom. The molecule has 2 aliphatic rings. The van der Waals surface area contributed by atoms with E-state index in [4.69, 9.17) is 9.72 Å². The third kappa shape index (κ3) is 2.83. The van der Waals surface area contributed by atoms with Crippen LogP contribution < -0.4 is 15.0 Å². The Labute approximate surface area is 135 Å². The van der Waals surface area contributed by atoms with Gasteiger partial charge in [0.05, 0.1) is 12.6 Å². The molecule has 1 saturated heterocycles. The van der Waals surface area contributed by atoms with E-state index in [-0.39, 0.29) is 11.9 Å². The van der Waals surface area contributed by atoms with Crippen molar-refractivity contribution in [1.29, 1.82) is 0 Å². The van der Waals surface area contributed by atoms with Crippen molar-refractivity contribution in [2.45, 2.75) is 37.8 Å². The molecule has 1 saturated carbocycles. The summed E-state index contributed by atoms with van der Waals surface area (Å²) < 4.78 is 5.25. The van der Waals surface area contributed by atoms with E-state index in [1.807, 2.05) is 30.3 Å². The number of ether oxygens (including phenoxy) is 1. The van der Waals surface area contributed by atoms with Gasteiger partial charge in [0.2, 0.25) is 5.91 Å². The van der Waals surface area contributed by atoms with Gasteiger partial charge >= 0.3 is 0 Å². The minimum Gasteiger partial charge on any atom is -0.497 e. The number of rotatable bonds is 4.